The molecule has 2 aromatic heterocycles. The smallest absolute Gasteiger partial charge is 0.258 e. The molecule has 192 valence electrons. The molecule has 0 bridgehead atoms. The van der Waals surface area contributed by atoms with Gasteiger partial charge in [-0.05, 0) is 62.3 Å². The van der Waals surface area contributed by atoms with Gasteiger partial charge in [-0.2, -0.15) is 0 Å². The third-order valence-corrected chi connectivity index (χ3v) is 7.94. The molecule has 0 radical (unpaired) electrons. The number of ether oxygens (including phenoxy) is 1. The minimum absolute atomic E-state index is 0.0271. The maximum absolute atomic E-state index is 13.7. The average molecular weight is 492 g/mol. The highest BCUT2D eigenvalue weighted by Gasteiger charge is 2.24. The van der Waals surface area contributed by atoms with Crippen molar-refractivity contribution in [3.05, 3.63) is 51.6 Å². The third-order valence-electron chi connectivity index (χ3n) is 7.94. The molecule has 0 unspecified atom stereocenters. The van der Waals surface area contributed by atoms with E-state index in [0.717, 1.165) is 60.1 Å². The van der Waals surface area contributed by atoms with Gasteiger partial charge in [-0.1, -0.05) is 26.2 Å². The predicted molar refractivity (Wildman–Crippen MR) is 141 cm³/mol. The van der Waals surface area contributed by atoms with Crippen molar-refractivity contribution in [1.29, 1.82) is 0 Å². The average Bonchev–Trinajstić information content (AvgIpc) is 3.23. The summed E-state index contributed by atoms with van der Waals surface area (Å²) < 4.78 is 13.1. The lowest BCUT2D eigenvalue weighted by molar-refractivity contribution is -0.125. The van der Waals surface area contributed by atoms with Crippen LogP contribution in [0.25, 0.3) is 11.0 Å². The Morgan fingerprint density at radius 3 is 2.67 bits per heavy atom. The van der Waals surface area contributed by atoms with Gasteiger partial charge >= 0.3 is 0 Å². The summed E-state index contributed by atoms with van der Waals surface area (Å²) in [4.78, 5) is 31.3. The Morgan fingerprint density at radius 1 is 1.14 bits per heavy atom. The first-order valence-electron chi connectivity index (χ1n) is 13.5. The lowest BCUT2D eigenvalue weighted by atomic mass is 9.89. The molecule has 1 N–H and O–H groups in total. The number of carbonyl (C=O) groups is 1. The number of carbonyl (C=O) groups excluding carboxylic acids is 1. The lowest BCUT2D eigenvalue weighted by Crippen LogP contribution is -2.32. The number of aryl methyl sites for hydroxylation is 2. The van der Waals surface area contributed by atoms with Gasteiger partial charge in [-0.3, -0.25) is 14.2 Å². The Bertz CT molecular complexity index is 1280. The van der Waals surface area contributed by atoms with Crippen LogP contribution in [0.2, 0.25) is 0 Å². The molecule has 1 aromatic carbocycles. The SMILES string of the molecule is CCc1oc2ccc(Nc3ncc(CC(=O)C4CCOCC4)c(=O)n3CC3CCCCC3)cc2c1C. The van der Waals surface area contributed by atoms with E-state index in [2.05, 4.69) is 30.2 Å². The second-order valence-corrected chi connectivity index (χ2v) is 10.4. The standard InChI is InChI=1S/C29H37N3O4/c1-3-26-19(2)24-16-23(9-10-27(24)36-26)31-29-30-17-22(15-25(33)21-11-13-35-14-12-21)28(34)32(29)18-20-7-5-4-6-8-20/h9-10,16-17,20-21H,3-8,11-15,18H2,1-2H3,(H,30,31). The predicted octanol–water partition coefficient (Wildman–Crippen LogP) is 5.72. The molecule has 0 amide bonds. The Hall–Kier alpha value is -2.93. The van der Waals surface area contributed by atoms with E-state index in [1.807, 2.05) is 12.1 Å². The Kier molecular flexibility index (Phi) is 7.56. The monoisotopic (exact) mass is 491 g/mol. The molecule has 0 atom stereocenters. The van der Waals surface area contributed by atoms with Crippen LogP contribution in [0.1, 0.15) is 68.8 Å². The van der Waals surface area contributed by atoms with Crippen LogP contribution in [0.15, 0.2) is 33.6 Å². The number of benzene rings is 1. The van der Waals surface area contributed by atoms with Gasteiger partial charge in [0.05, 0.1) is 0 Å². The molecule has 1 aliphatic heterocycles. The molecule has 2 aliphatic rings. The van der Waals surface area contributed by atoms with Crippen LogP contribution in [0, 0.1) is 18.8 Å². The molecule has 1 saturated heterocycles. The fraction of sp³-hybridized carbons (Fsp3) is 0.552. The summed E-state index contributed by atoms with van der Waals surface area (Å²) in [6.45, 7) is 6.02. The molecular formula is C29H37N3O4. The first-order chi connectivity index (χ1) is 17.5. The summed E-state index contributed by atoms with van der Waals surface area (Å²) in [6.07, 6.45) is 9.96. The van der Waals surface area contributed by atoms with Gasteiger partial charge in [-0.25, -0.2) is 4.98 Å². The van der Waals surface area contributed by atoms with Gasteiger partial charge in [0, 0.05) is 61.4 Å². The van der Waals surface area contributed by atoms with Crippen molar-refractivity contribution < 1.29 is 13.9 Å². The van der Waals surface area contributed by atoms with Crippen LogP contribution in [0.3, 0.4) is 0 Å². The van der Waals surface area contributed by atoms with Crippen LogP contribution < -0.4 is 10.9 Å². The first-order valence-corrected chi connectivity index (χ1v) is 13.5. The number of Topliss-reactive ketones (excluding diaryl/α,β-unsaturated/α-hetero) is 1. The Morgan fingerprint density at radius 2 is 1.92 bits per heavy atom. The van der Waals surface area contributed by atoms with Crippen molar-refractivity contribution in [2.75, 3.05) is 18.5 Å². The summed E-state index contributed by atoms with van der Waals surface area (Å²) in [7, 11) is 0. The molecule has 5 rings (SSSR count). The molecule has 3 aromatic rings. The normalized spacial score (nSPS) is 17.5. The number of fused-ring (bicyclic) bond motifs is 1. The van der Waals surface area contributed by atoms with E-state index in [1.54, 1.807) is 10.8 Å². The zero-order valence-corrected chi connectivity index (χ0v) is 21.5. The summed E-state index contributed by atoms with van der Waals surface area (Å²) in [5.74, 6) is 2.07. The molecule has 3 heterocycles. The summed E-state index contributed by atoms with van der Waals surface area (Å²) in [5.41, 5.74) is 3.26. The maximum Gasteiger partial charge on any atom is 0.258 e. The zero-order valence-electron chi connectivity index (χ0n) is 21.5. The van der Waals surface area contributed by atoms with Crippen molar-refractivity contribution in [2.45, 2.75) is 78.2 Å². The van der Waals surface area contributed by atoms with E-state index in [9.17, 15) is 9.59 Å². The molecule has 7 nitrogen and oxygen atoms in total. The van der Waals surface area contributed by atoms with Gasteiger partial charge in [0.1, 0.15) is 17.1 Å². The first kappa shape index (κ1) is 24.8. The largest absolute Gasteiger partial charge is 0.461 e. The van der Waals surface area contributed by atoms with Crippen LogP contribution in [-0.4, -0.2) is 28.5 Å². The van der Waals surface area contributed by atoms with Crippen molar-refractivity contribution >= 4 is 28.4 Å². The number of nitrogens with zero attached hydrogens (tertiary/aromatic N) is 2. The maximum atomic E-state index is 13.7. The molecule has 2 fully saturated rings. The molecule has 7 heteroatoms. The Balaban J connectivity index is 1.44. The van der Waals surface area contributed by atoms with Gasteiger partial charge < -0.3 is 14.5 Å². The number of anilines is 2. The van der Waals surface area contributed by atoms with Crippen molar-refractivity contribution in [3.63, 3.8) is 0 Å². The van der Waals surface area contributed by atoms with E-state index in [-0.39, 0.29) is 23.7 Å². The zero-order chi connectivity index (χ0) is 25.1. The van der Waals surface area contributed by atoms with E-state index in [1.165, 1.54) is 19.3 Å². The summed E-state index contributed by atoms with van der Waals surface area (Å²) in [5, 5.41) is 4.47. The van der Waals surface area contributed by atoms with E-state index in [4.69, 9.17) is 9.15 Å². The van der Waals surface area contributed by atoms with Crippen LogP contribution in [0.5, 0.6) is 0 Å². The minimum Gasteiger partial charge on any atom is -0.461 e. The molecule has 36 heavy (non-hydrogen) atoms. The van der Waals surface area contributed by atoms with Gasteiger partial charge in [0.2, 0.25) is 5.95 Å². The van der Waals surface area contributed by atoms with Crippen molar-refractivity contribution in [3.8, 4) is 0 Å². The van der Waals surface area contributed by atoms with Crippen molar-refractivity contribution in [2.24, 2.45) is 11.8 Å². The van der Waals surface area contributed by atoms with Crippen molar-refractivity contribution in [1.82, 2.24) is 9.55 Å². The highest BCUT2D eigenvalue weighted by Crippen LogP contribution is 2.30. The number of hydrogen-bond acceptors (Lipinski definition) is 6. The third kappa shape index (κ3) is 5.26. The van der Waals surface area contributed by atoms with Crippen LogP contribution in [0.4, 0.5) is 11.6 Å². The molecule has 1 aliphatic carbocycles. The van der Waals surface area contributed by atoms with E-state index < -0.39 is 0 Å². The number of furan rings is 1. The summed E-state index contributed by atoms with van der Waals surface area (Å²) >= 11 is 0. The summed E-state index contributed by atoms with van der Waals surface area (Å²) in [6, 6.07) is 5.99. The van der Waals surface area contributed by atoms with Crippen LogP contribution in [-0.2, 0) is 28.9 Å². The molecule has 0 spiro atoms. The van der Waals surface area contributed by atoms with E-state index in [0.29, 0.717) is 37.2 Å². The number of aromatic nitrogens is 2. The number of ketones is 1. The second-order valence-electron chi connectivity index (χ2n) is 10.4. The quantitative estimate of drug-likeness (QED) is 0.434. The van der Waals surface area contributed by atoms with Gasteiger partial charge in [0.25, 0.3) is 5.56 Å². The topological polar surface area (TPSA) is 86.4 Å². The lowest BCUT2D eigenvalue weighted by Gasteiger charge is -2.24. The van der Waals surface area contributed by atoms with Gasteiger partial charge in [0.15, 0.2) is 0 Å². The fourth-order valence-electron chi connectivity index (χ4n) is 5.72. The second kappa shape index (κ2) is 11.0. The molecular weight excluding hydrogens is 454 g/mol. The highest BCUT2D eigenvalue weighted by molar-refractivity contribution is 5.86. The molecule has 1 saturated carbocycles. The Labute approximate surface area is 212 Å². The van der Waals surface area contributed by atoms with Gasteiger partial charge in [-0.15, -0.1) is 0 Å². The minimum atomic E-state index is -0.104. The van der Waals surface area contributed by atoms with E-state index >= 15 is 0 Å². The number of hydrogen-bond donors (Lipinski definition) is 1. The highest BCUT2D eigenvalue weighted by atomic mass is 16.5. The fourth-order valence-corrected chi connectivity index (χ4v) is 5.72. The number of rotatable bonds is 8. The van der Waals surface area contributed by atoms with Crippen LogP contribution >= 0.6 is 0 Å². The number of nitrogens with one attached hydrogen (secondary N) is 1.